The van der Waals surface area contributed by atoms with Crippen LogP contribution in [0.4, 0.5) is 0 Å². The lowest BCUT2D eigenvalue weighted by Gasteiger charge is -2.43. The molecule has 1 heterocycles. The average Bonchev–Trinajstić information content (AvgIpc) is 2.23. The molecule has 1 saturated heterocycles. The third-order valence-electron chi connectivity index (χ3n) is 3.71. The summed E-state index contributed by atoms with van der Waals surface area (Å²) in [7, 11) is 3.33. The van der Waals surface area contributed by atoms with Crippen LogP contribution in [0.1, 0.15) is 19.3 Å². The first kappa shape index (κ1) is 10.6. The van der Waals surface area contributed by atoms with Crippen LogP contribution in [0, 0.1) is 11.8 Å². The molecular formula is C11H17NO3. The van der Waals surface area contributed by atoms with Crippen molar-refractivity contribution in [1.29, 1.82) is 0 Å². The van der Waals surface area contributed by atoms with Gasteiger partial charge in [0, 0.05) is 12.5 Å². The predicted molar refractivity (Wildman–Crippen MR) is 54.3 cm³/mol. The lowest BCUT2D eigenvalue weighted by molar-refractivity contribution is -0.156. The van der Waals surface area contributed by atoms with Gasteiger partial charge in [-0.1, -0.05) is 0 Å². The number of piperidine rings is 1. The van der Waals surface area contributed by atoms with Crippen molar-refractivity contribution in [3.05, 3.63) is 0 Å². The standard InChI is InChI=1S/C11H17NO3/c1-12-4-3-7-5-8(12)10(9(13)6-7)11(14)15-2/h7-8,10H,3-6H2,1-2H3/t7-,8+,10+/m1/s1. The van der Waals surface area contributed by atoms with Crippen molar-refractivity contribution in [2.24, 2.45) is 11.8 Å². The second-order valence-corrected chi connectivity index (χ2v) is 4.61. The summed E-state index contributed by atoms with van der Waals surface area (Å²) in [4.78, 5) is 25.5. The van der Waals surface area contributed by atoms with Crippen LogP contribution in [0.2, 0.25) is 0 Å². The van der Waals surface area contributed by atoms with Crippen LogP contribution in [0.15, 0.2) is 0 Å². The van der Waals surface area contributed by atoms with Gasteiger partial charge in [-0.3, -0.25) is 9.59 Å². The molecule has 1 aliphatic carbocycles. The molecule has 0 aromatic heterocycles. The Morgan fingerprint density at radius 2 is 2.27 bits per heavy atom. The number of hydrogen-bond acceptors (Lipinski definition) is 4. The first-order chi connectivity index (χ1) is 7.13. The number of rotatable bonds is 1. The largest absolute Gasteiger partial charge is 0.468 e. The van der Waals surface area contributed by atoms with Crippen molar-refractivity contribution in [1.82, 2.24) is 4.90 Å². The summed E-state index contributed by atoms with van der Waals surface area (Å²) in [5.41, 5.74) is 0. The summed E-state index contributed by atoms with van der Waals surface area (Å²) < 4.78 is 4.71. The summed E-state index contributed by atoms with van der Waals surface area (Å²) in [6.07, 6.45) is 2.60. The molecule has 1 aliphatic heterocycles. The lowest BCUT2D eigenvalue weighted by atomic mass is 9.73. The molecule has 3 atom stereocenters. The van der Waals surface area contributed by atoms with Crippen LogP contribution in [-0.2, 0) is 14.3 Å². The molecule has 2 rings (SSSR count). The molecule has 1 saturated carbocycles. The Kier molecular flexibility index (Phi) is 2.78. The maximum absolute atomic E-state index is 11.8. The highest BCUT2D eigenvalue weighted by molar-refractivity contribution is 6.00. The third-order valence-corrected chi connectivity index (χ3v) is 3.71. The number of Topliss-reactive ketones (excluding diaryl/α,β-unsaturated/α-hetero) is 1. The van der Waals surface area contributed by atoms with Gasteiger partial charge in [0.2, 0.25) is 0 Å². The van der Waals surface area contributed by atoms with Crippen molar-refractivity contribution in [2.75, 3.05) is 20.7 Å². The topological polar surface area (TPSA) is 46.6 Å². The smallest absolute Gasteiger partial charge is 0.317 e. The van der Waals surface area contributed by atoms with Gasteiger partial charge < -0.3 is 9.64 Å². The minimum absolute atomic E-state index is 0.0645. The molecule has 4 nitrogen and oxygen atoms in total. The highest BCUT2D eigenvalue weighted by Crippen LogP contribution is 2.35. The van der Waals surface area contributed by atoms with E-state index in [-0.39, 0.29) is 17.8 Å². The van der Waals surface area contributed by atoms with Crippen LogP contribution in [-0.4, -0.2) is 43.4 Å². The van der Waals surface area contributed by atoms with Gasteiger partial charge in [-0.25, -0.2) is 0 Å². The average molecular weight is 211 g/mol. The maximum Gasteiger partial charge on any atom is 0.317 e. The maximum atomic E-state index is 11.8. The second-order valence-electron chi connectivity index (χ2n) is 4.61. The van der Waals surface area contributed by atoms with Gasteiger partial charge in [0.1, 0.15) is 11.7 Å². The third kappa shape index (κ3) is 1.78. The first-order valence-corrected chi connectivity index (χ1v) is 5.44. The van der Waals surface area contributed by atoms with E-state index in [4.69, 9.17) is 4.74 Å². The Hall–Kier alpha value is -0.900. The predicted octanol–water partition coefficient (Wildman–Crippen LogP) is 0.459. The normalized spacial score (nSPS) is 36.4. The SMILES string of the molecule is COC(=O)[C@@H]1C(=O)C[C@@H]2CCN(C)[C@H]1C2. The zero-order valence-electron chi connectivity index (χ0n) is 9.23. The molecule has 0 radical (unpaired) electrons. The number of fused-ring (bicyclic) bond motifs is 2. The van der Waals surface area contributed by atoms with E-state index in [0.717, 1.165) is 19.4 Å². The number of carbonyl (C=O) groups excluding carboxylic acids is 2. The number of likely N-dealkylation sites (tertiary alicyclic amines) is 1. The van der Waals surface area contributed by atoms with E-state index in [0.29, 0.717) is 12.3 Å². The molecule has 0 unspecified atom stereocenters. The van der Waals surface area contributed by atoms with Crippen molar-refractivity contribution in [2.45, 2.75) is 25.3 Å². The summed E-state index contributed by atoms with van der Waals surface area (Å²) in [5.74, 6) is -0.358. The molecule has 0 amide bonds. The van der Waals surface area contributed by atoms with Gasteiger partial charge in [-0.05, 0) is 32.4 Å². The fraction of sp³-hybridized carbons (Fsp3) is 0.818. The Morgan fingerprint density at radius 3 is 2.93 bits per heavy atom. The van der Waals surface area contributed by atoms with Gasteiger partial charge in [-0.15, -0.1) is 0 Å². The Bertz CT molecular complexity index is 290. The van der Waals surface area contributed by atoms with Gasteiger partial charge in [0.25, 0.3) is 0 Å². The van der Waals surface area contributed by atoms with E-state index in [1.54, 1.807) is 0 Å². The number of ether oxygens (including phenoxy) is 1. The molecule has 0 aromatic rings. The summed E-state index contributed by atoms with van der Waals surface area (Å²) >= 11 is 0. The number of carbonyl (C=O) groups is 2. The van der Waals surface area contributed by atoms with Crippen molar-refractivity contribution >= 4 is 11.8 Å². The van der Waals surface area contributed by atoms with Crippen LogP contribution >= 0.6 is 0 Å². The molecule has 4 heteroatoms. The molecule has 2 fully saturated rings. The number of methoxy groups -OCH3 is 1. The fourth-order valence-corrected chi connectivity index (χ4v) is 2.81. The molecule has 2 bridgehead atoms. The van der Waals surface area contributed by atoms with Crippen LogP contribution < -0.4 is 0 Å². The van der Waals surface area contributed by atoms with E-state index in [2.05, 4.69) is 4.90 Å². The molecule has 0 N–H and O–H groups in total. The molecule has 15 heavy (non-hydrogen) atoms. The Balaban J connectivity index is 2.20. The lowest BCUT2D eigenvalue weighted by Crippen LogP contribution is -2.53. The quantitative estimate of drug-likeness (QED) is 0.467. The van der Waals surface area contributed by atoms with Gasteiger partial charge in [0.05, 0.1) is 7.11 Å². The van der Waals surface area contributed by atoms with E-state index >= 15 is 0 Å². The highest BCUT2D eigenvalue weighted by atomic mass is 16.5. The van der Waals surface area contributed by atoms with E-state index in [1.807, 2.05) is 7.05 Å². The summed E-state index contributed by atoms with van der Waals surface area (Å²) in [5, 5.41) is 0. The Labute approximate surface area is 89.6 Å². The Morgan fingerprint density at radius 1 is 1.53 bits per heavy atom. The molecular weight excluding hydrogens is 194 g/mol. The molecule has 0 aromatic carbocycles. The minimum Gasteiger partial charge on any atom is -0.468 e. The number of ketones is 1. The van der Waals surface area contributed by atoms with Gasteiger partial charge in [-0.2, -0.15) is 0 Å². The number of esters is 1. The van der Waals surface area contributed by atoms with E-state index in [9.17, 15) is 9.59 Å². The van der Waals surface area contributed by atoms with Crippen LogP contribution in [0.3, 0.4) is 0 Å². The van der Waals surface area contributed by atoms with Crippen molar-refractivity contribution in [3.63, 3.8) is 0 Å². The monoisotopic (exact) mass is 211 g/mol. The zero-order valence-corrected chi connectivity index (χ0v) is 9.23. The first-order valence-electron chi connectivity index (χ1n) is 5.44. The van der Waals surface area contributed by atoms with E-state index in [1.165, 1.54) is 7.11 Å². The molecule has 0 spiro atoms. The fourth-order valence-electron chi connectivity index (χ4n) is 2.81. The highest BCUT2D eigenvalue weighted by Gasteiger charge is 2.45. The summed E-state index contributed by atoms with van der Waals surface area (Å²) in [6, 6.07) is 0.0671. The molecule has 84 valence electrons. The van der Waals surface area contributed by atoms with E-state index < -0.39 is 5.92 Å². The van der Waals surface area contributed by atoms with Crippen molar-refractivity contribution in [3.8, 4) is 0 Å². The number of nitrogens with zero attached hydrogens (tertiary/aromatic N) is 1. The van der Waals surface area contributed by atoms with Gasteiger partial charge >= 0.3 is 5.97 Å². The summed E-state index contributed by atoms with van der Waals surface area (Å²) in [6.45, 7) is 0.982. The van der Waals surface area contributed by atoms with Gasteiger partial charge in [0.15, 0.2) is 0 Å². The van der Waals surface area contributed by atoms with Crippen molar-refractivity contribution < 1.29 is 14.3 Å². The second kappa shape index (κ2) is 3.93. The molecule has 2 aliphatic rings. The number of hydrogen-bond donors (Lipinski definition) is 0. The van der Waals surface area contributed by atoms with Crippen LogP contribution in [0.25, 0.3) is 0 Å². The van der Waals surface area contributed by atoms with Crippen LogP contribution in [0.5, 0.6) is 0 Å². The minimum atomic E-state index is -0.545. The zero-order chi connectivity index (χ0) is 11.0.